The Bertz CT molecular complexity index is 288. The molecule has 2 heteroatoms. The summed E-state index contributed by atoms with van der Waals surface area (Å²) in [5.74, 6) is 1.83. The summed E-state index contributed by atoms with van der Waals surface area (Å²) in [6, 6.07) is 0. The van der Waals surface area contributed by atoms with Gasteiger partial charge in [-0.05, 0) is 29.6 Å². The van der Waals surface area contributed by atoms with Gasteiger partial charge in [0.05, 0.1) is 6.10 Å². The molecule has 0 saturated carbocycles. The molecule has 128 valence electrons. The average Bonchev–Trinajstić information content (AvgIpc) is 2.32. The van der Waals surface area contributed by atoms with Crippen LogP contribution in [0, 0.1) is 29.1 Å². The molecule has 4 unspecified atom stereocenters. The van der Waals surface area contributed by atoms with Crippen molar-refractivity contribution in [1.29, 1.82) is 0 Å². The molecule has 0 rings (SSSR count). The summed E-state index contributed by atoms with van der Waals surface area (Å²) >= 11 is 0. The van der Waals surface area contributed by atoms with Crippen molar-refractivity contribution in [3.8, 4) is 0 Å². The SMILES string of the molecule is C.CCC(C)C(CC(O)CC(=O)C(C)C(C)(C)C)C(C)C. The molecule has 0 aromatic rings. The normalized spacial score (nSPS) is 17.8. The topological polar surface area (TPSA) is 37.3 Å². The lowest BCUT2D eigenvalue weighted by Gasteiger charge is -2.30. The largest absolute Gasteiger partial charge is 0.393 e. The number of aliphatic hydroxyl groups is 1. The smallest absolute Gasteiger partial charge is 0.138 e. The molecule has 0 aliphatic carbocycles. The zero-order valence-electron chi connectivity index (χ0n) is 14.9. The van der Waals surface area contributed by atoms with Gasteiger partial charge in [-0.3, -0.25) is 4.79 Å². The monoisotopic (exact) mass is 300 g/mol. The van der Waals surface area contributed by atoms with Gasteiger partial charge in [-0.2, -0.15) is 0 Å². The van der Waals surface area contributed by atoms with Crippen molar-refractivity contribution in [1.82, 2.24) is 0 Å². The number of carbonyl (C=O) groups excluding carboxylic acids is 1. The Kier molecular flexibility index (Phi) is 10.5. The molecule has 0 radical (unpaired) electrons. The maximum Gasteiger partial charge on any atom is 0.138 e. The predicted molar refractivity (Wildman–Crippen MR) is 93.4 cm³/mol. The van der Waals surface area contributed by atoms with E-state index in [-0.39, 0.29) is 24.5 Å². The second-order valence-electron chi connectivity index (χ2n) is 7.94. The minimum atomic E-state index is -0.492. The molecule has 0 bridgehead atoms. The number of carbonyl (C=O) groups is 1. The lowest BCUT2D eigenvalue weighted by molar-refractivity contribution is -0.127. The third-order valence-corrected chi connectivity index (χ3v) is 4.99. The van der Waals surface area contributed by atoms with Gasteiger partial charge in [0.25, 0.3) is 0 Å². The highest BCUT2D eigenvalue weighted by molar-refractivity contribution is 5.81. The van der Waals surface area contributed by atoms with Gasteiger partial charge in [-0.1, -0.05) is 69.2 Å². The van der Waals surface area contributed by atoms with Crippen molar-refractivity contribution in [3.05, 3.63) is 0 Å². The van der Waals surface area contributed by atoms with E-state index in [2.05, 4.69) is 48.5 Å². The van der Waals surface area contributed by atoms with Crippen molar-refractivity contribution in [2.75, 3.05) is 0 Å². The molecule has 0 fully saturated rings. The Hall–Kier alpha value is -0.370. The number of aliphatic hydroxyl groups excluding tert-OH is 1. The number of hydrogen-bond donors (Lipinski definition) is 1. The lowest BCUT2D eigenvalue weighted by Crippen LogP contribution is -2.30. The summed E-state index contributed by atoms with van der Waals surface area (Å²) in [6.07, 6.45) is 1.68. The summed E-state index contributed by atoms with van der Waals surface area (Å²) in [5, 5.41) is 10.3. The van der Waals surface area contributed by atoms with Gasteiger partial charge >= 0.3 is 0 Å². The van der Waals surface area contributed by atoms with Crippen molar-refractivity contribution in [2.45, 2.75) is 88.2 Å². The van der Waals surface area contributed by atoms with Crippen LogP contribution in [0.5, 0.6) is 0 Å². The molecule has 21 heavy (non-hydrogen) atoms. The molecule has 2 nitrogen and oxygen atoms in total. The number of Topliss-reactive ketones (excluding diaryl/α,β-unsaturated/α-hetero) is 1. The molecule has 0 saturated heterocycles. The van der Waals surface area contributed by atoms with Gasteiger partial charge in [0.2, 0.25) is 0 Å². The van der Waals surface area contributed by atoms with E-state index in [1.807, 2.05) is 6.92 Å². The summed E-state index contributed by atoms with van der Waals surface area (Å²) in [5.41, 5.74) is -0.0229. The Morgan fingerprint density at radius 3 is 1.90 bits per heavy atom. The Morgan fingerprint density at radius 2 is 1.57 bits per heavy atom. The van der Waals surface area contributed by atoms with Gasteiger partial charge in [-0.25, -0.2) is 0 Å². The van der Waals surface area contributed by atoms with Crippen LogP contribution in [-0.2, 0) is 4.79 Å². The van der Waals surface area contributed by atoms with Crippen molar-refractivity contribution in [2.24, 2.45) is 29.1 Å². The highest BCUT2D eigenvalue weighted by Gasteiger charge is 2.29. The van der Waals surface area contributed by atoms with Crippen LogP contribution in [-0.4, -0.2) is 17.0 Å². The summed E-state index contributed by atoms with van der Waals surface area (Å²) in [4.78, 5) is 12.2. The van der Waals surface area contributed by atoms with Crippen LogP contribution in [0.15, 0.2) is 0 Å². The van der Waals surface area contributed by atoms with E-state index in [1.54, 1.807) is 0 Å². The number of ketones is 1. The van der Waals surface area contributed by atoms with Crippen molar-refractivity contribution < 1.29 is 9.90 Å². The van der Waals surface area contributed by atoms with Crippen LogP contribution in [0.1, 0.15) is 82.1 Å². The number of hydrogen-bond acceptors (Lipinski definition) is 2. The fourth-order valence-electron chi connectivity index (χ4n) is 2.75. The molecule has 4 atom stereocenters. The highest BCUT2D eigenvalue weighted by Crippen LogP contribution is 2.31. The molecule has 0 aromatic carbocycles. The summed E-state index contributed by atoms with van der Waals surface area (Å²) < 4.78 is 0. The van der Waals surface area contributed by atoms with E-state index in [1.165, 1.54) is 0 Å². The standard InChI is InChI=1S/C18H36O2.CH4/c1-9-13(4)16(12(2)3)10-15(19)11-17(20)14(5)18(6,7)8;/h12-16,19H,9-11H2,1-8H3;1H4. The third kappa shape index (κ3) is 7.99. The predicted octanol–water partition coefficient (Wildman–Crippen LogP) is 5.33. The van der Waals surface area contributed by atoms with E-state index < -0.39 is 6.10 Å². The van der Waals surface area contributed by atoms with E-state index in [9.17, 15) is 9.90 Å². The van der Waals surface area contributed by atoms with Gasteiger partial charge < -0.3 is 5.11 Å². The molecular weight excluding hydrogens is 260 g/mol. The van der Waals surface area contributed by atoms with E-state index in [4.69, 9.17) is 0 Å². The molecule has 0 aliphatic heterocycles. The first-order valence-electron chi connectivity index (χ1n) is 8.21. The second-order valence-corrected chi connectivity index (χ2v) is 7.94. The molecule has 0 heterocycles. The van der Waals surface area contributed by atoms with Gasteiger partial charge in [-0.15, -0.1) is 0 Å². The van der Waals surface area contributed by atoms with E-state index in [0.717, 1.165) is 12.8 Å². The summed E-state index contributed by atoms with van der Waals surface area (Å²) in [6.45, 7) is 17.1. The molecule has 0 amide bonds. The summed E-state index contributed by atoms with van der Waals surface area (Å²) in [7, 11) is 0. The number of rotatable bonds is 8. The maximum atomic E-state index is 12.2. The minimum absolute atomic E-state index is 0. The van der Waals surface area contributed by atoms with Crippen LogP contribution in [0.4, 0.5) is 0 Å². The molecule has 1 N–H and O–H groups in total. The second kappa shape index (κ2) is 9.61. The molecule has 0 spiro atoms. The molecule has 0 aliphatic rings. The van der Waals surface area contributed by atoms with Crippen LogP contribution in [0.3, 0.4) is 0 Å². The first kappa shape index (κ1) is 22.9. The van der Waals surface area contributed by atoms with Gasteiger partial charge in [0.1, 0.15) is 5.78 Å². The third-order valence-electron chi connectivity index (χ3n) is 4.99. The van der Waals surface area contributed by atoms with Crippen LogP contribution in [0.2, 0.25) is 0 Å². The first-order chi connectivity index (χ1) is 9.00. The average molecular weight is 301 g/mol. The zero-order chi connectivity index (χ0) is 16.1. The van der Waals surface area contributed by atoms with Gasteiger partial charge in [0.15, 0.2) is 0 Å². The molecular formula is C19H40O2. The Balaban J connectivity index is 0. The van der Waals surface area contributed by atoms with Crippen molar-refractivity contribution >= 4 is 5.78 Å². The van der Waals surface area contributed by atoms with E-state index in [0.29, 0.717) is 24.2 Å². The Morgan fingerprint density at radius 1 is 1.10 bits per heavy atom. The van der Waals surface area contributed by atoms with Crippen LogP contribution < -0.4 is 0 Å². The Labute approximate surface area is 133 Å². The van der Waals surface area contributed by atoms with Crippen molar-refractivity contribution in [3.63, 3.8) is 0 Å². The maximum absolute atomic E-state index is 12.2. The highest BCUT2D eigenvalue weighted by atomic mass is 16.3. The fraction of sp³-hybridized carbons (Fsp3) is 0.947. The van der Waals surface area contributed by atoms with Gasteiger partial charge in [0, 0.05) is 12.3 Å². The minimum Gasteiger partial charge on any atom is -0.393 e. The quantitative estimate of drug-likeness (QED) is 0.657. The lowest BCUT2D eigenvalue weighted by atomic mass is 9.76. The fourth-order valence-corrected chi connectivity index (χ4v) is 2.75. The molecule has 0 aromatic heterocycles. The zero-order valence-corrected chi connectivity index (χ0v) is 14.9. The van der Waals surface area contributed by atoms with Crippen LogP contribution in [0.25, 0.3) is 0 Å². The van der Waals surface area contributed by atoms with Crippen LogP contribution >= 0.6 is 0 Å². The van der Waals surface area contributed by atoms with E-state index >= 15 is 0 Å². The first-order valence-corrected chi connectivity index (χ1v) is 8.21.